The summed E-state index contributed by atoms with van der Waals surface area (Å²) >= 11 is 0. The number of alkyl carbamates (subject to hydrolysis) is 1. The van der Waals surface area contributed by atoms with Gasteiger partial charge < -0.3 is 28.8 Å². The molecule has 3 aromatic rings. The number of carbonyl (C=O) groups is 2. The first-order valence-corrected chi connectivity index (χ1v) is 14.9. The number of ether oxygens (including phenoxy) is 3. The van der Waals surface area contributed by atoms with Crippen LogP contribution < -0.4 is 15.5 Å². The van der Waals surface area contributed by atoms with Crippen molar-refractivity contribution in [3.8, 4) is 5.75 Å². The maximum absolute atomic E-state index is 13.6. The molecule has 234 valence electrons. The lowest BCUT2D eigenvalue weighted by atomic mass is 9.76. The van der Waals surface area contributed by atoms with Crippen molar-refractivity contribution in [3.05, 3.63) is 95.6 Å². The molecule has 4 rings (SSSR count). The molecule has 0 aromatic heterocycles. The number of benzene rings is 3. The summed E-state index contributed by atoms with van der Waals surface area (Å²) in [4.78, 5) is 26.6. The fourth-order valence-corrected chi connectivity index (χ4v) is 4.72. The average Bonchev–Trinajstić information content (AvgIpc) is 3.17. The van der Waals surface area contributed by atoms with Gasteiger partial charge in [-0.3, -0.25) is 0 Å². The number of carbonyl (C=O) groups excluding carboxylic acids is 2. The van der Waals surface area contributed by atoms with E-state index in [9.17, 15) is 9.59 Å². The number of hydrogen-bond donors (Lipinski definition) is 1. The molecule has 0 bridgehead atoms. The van der Waals surface area contributed by atoms with E-state index in [1.54, 1.807) is 27.7 Å². The molecule has 1 heterocycles. The zero-order chi connectivity index (χ0) is 32.2. The van der Waals surface area contributed by atoms with E-state index in [4.69, 9.17) is 23.5 Å². The maximum Gasteiger partial charge on any atom is 0.498 e. The first kappa shape index (κ1) is 33.1. The quantitative estimate of drug-likeness (QED) is 0.221. The second-order valence-electron chi connectivity index (χ2n) is 13.4. The smallest absolute Gasteiger partial charge is 0.489 e. The van der Waals surface area contributed by atoms with Gasteiger partial charge in [-0.05, 0) is 78.1 Å². The molecule has 1 aliphatic rings. The van der Waals surface area contributed by atoms with Gasteiger partial charge in [0, 0.05) is 11.9 Å². The van der Waals surface area contributed by atoms with Gasteiger partial charge in [0.15, 0.2) is 0 Å². The van der Waals surface area contributed by atoms with Gasteiger partial charge in [0.1, 0.15) is 30.1 Å². The lowest BCUT2D eigenvalue weighted by molar-refractivity contribution is -0.152. The Kier molecular flexibility index (Phi) is 9.81. The van der Waals surface area contributed by atoms with Crippen molar-refractivity contribution in [2.45, 2.75) is 97.4 Å². The molecule has 1 N–H and O–H groups in total. The monoisotopic (exact) mass is 601 g/mol. The Morgan fingerprint density at radius 1 is 0.773 bits per heavy atom. The van der Waals surface area contributed by atoms with Crippen LogP contribution >= 0.6 is 0 Å². The van der Waals surface area contributed by atoms with Crippen LogP contribution in [-0.4, -0.2) is 41.5 Å². The van der Waals surface area contributed by atoms with Crippen molar-refractivity contribution >= 4 is 24.6 Å². The predicted molar refractivity (Wildman–Crippen MR) is 171 cm³/mol. The second kappa shape index (κ2) is 13.0. The van der Waals surface area contributed by atoms with Gasteiger partial charge in [0.05, 0.1) is 11.2 Å². The van der Waals surface area contributed by atoms with E-state index in [0.717, 1.165) is 16.7 Å². The van der Waals surface area contributed by atoms with E-state index in [-0.39, 0.29) is 13.0 Å². The average molecular weight is 602 g/mol. The van der Waals surface area contributed by atoms with Gasteiger partial charge in [-0.2, -0.15) is 0 Å². The molecule has 8 nitrogen and oxygen atoms in total. The van der Waals surface area contributed by atoms with Crippen LogP contribution in [0.15, 0.2) is 78.9 Å². The molecule has 1 aliphatic heterocycles. The summed E-state index contributed by atoms with van der Waals surface area (Å²) in [6, 6.07) is 24.9. The van der Waals surface area contributed by atoms with Gasteiger partial charge in [-0.25, -0.2) is 9.59 Å². The second-order valence-corrected chi connectivity index (χ2v) is 13.4. The molecule has 1 amide bonds. The largest absolute Gasteiger partial charge is 0.498 e. The van der Waals surface area contributed by atoms with Crippen molar-refractivity contribution in [2.24, 2.45) is 0 Å². The number of hydrogen-bond acceptors (Lipinski definition) is 7. The number of esters is 1. The van der Waals surface area contributed by atoms with Crippen molar-refractivity contribution in [1.82, 2.24) is 5.32 Å². The summed E-state index contributed by atoms with van der Waals surface area (Å²) in [6.07, 6.45) is -0.601. The SMILES string of the molecule is CC(C)(C)OC(=O)N[C@@](C)(Cc1ccc(OCc2ccccc2)c(B2OC(C)(C)C(C)(C)O2)c1)C(=O)OCc1ccccc1. The van der Waals surface area contributed by atoms with E-state index in [1.165, 1.54) is 0 Å². The molecule has 9 heteroatoms. The summed E-state index contributed by atoms with van der Waals surface area (Å²) in [6.45, 7) is 15.3. The van der Waals surface area contributed by atoms with Crippen LogP contribution in [0.5, 0.6) is 5.75 Å². The third-order valence-corrected chi connectivity index (χ3v) is 7.82. The molecule has 0 spiro atoms. The Morgan fingerprint density at radius 3 is 1.86 bits per heavy atom. The first-order chi connectivity index (χ1) is 20.6. The minimum Gasteiger partial charge on any atom is -0.489 e. The molecule has 44 heavy (non-hydrogen) atoms. The molecule has 1 atom stereocenters. The summed E-state index contributed by atoms with van der Waals surface area (Å²) in [5, 5.41) is 2.78. The van der Waals surface area contributed by atoms with Crippen LogP contribution in [0, 0.1) is 0 Å². The Labute approximate surface area is 261 Å². The van der Waals surface area contributed by atoms with Gasteiger partial charge in [-0.1, -0.05) is 72.8 Å². The fraction of sp³-hybridized carbons (Fsp3) is 0.429. The number of nitrogens with one attached hydrogen (secondary N) is 1. The minimum atomic E-state index is -1.45. The van der Waals surface area contributed by atoms with Crippen LogP contribution in [-0.2, 0) is 43.2 Å². The normalized spacial score (nSPS) is 17.0. The third kappa shape index (κ3) is 8.42. The fourth-order valence-electron chi connectivity index (χ4n) is 4.72. The van der Waals surface area contributed by atoms with E-state index >= 15 is 0 Å². The first-order valence-electron chi connectivity index (χ1n) is 14.9. The summed E-state index contributed by atoms with van der Waals surface area (Å²) in [7, 11) is -0.708. The Hall–Kier alpha value is -3.82. The Balaban J connectivity index is 1.65. The summed E-state index contributed by atoms with van der Waals surface area (Å²) in [5.41, 5.74) is -0.0461. The Bertz CT molecular complexity index is 1420. The maximum atomic E-state index is 13.6. The molecule has 1 saturated heterocycles. The topological polar surface area (TPSA) is 92.3 Å². The zero-order valence-corrected chi connectivity index (χ0v) is 27.1. The van der Waals surface area contributed by atoms with Gasteiger partial charge >= 0.3 is 19.2 Å². The molecular formula is C35H44BNO7. The highest BCUT2D eigenvalue weighted by atomic mass is 16.7. The lowest BCUT2D eigenvalue weighted by Crippen LogP contribution is -2.55. The minimum absolute atomic E-state index is 0.0662. The molecule has 1 fully saturated rings. The van der Waals surface area contributed by atoms with Gasteiger partial charge in [0.2, 0.25) is 0 Å². The van der Waals surface area contributed by atoms with Gasteiger partial charge in [-0.15, -0.1) is 0 Å². The van der Waals surface area contributed by atoms with Crippen LogP contribution in [0.3, 0.4) is 0 Å². The summed E-state index contributed by atoms with van der Waals surface area (Å²) < 4.78 is 30.3. The van der Waals surface area contributed by atoms with Crippen LogP contribution in [0.2, 0.25) is 0 Å². The number of amides is 1. The highest BCUT2D eigenvalue weighted by Gasteiger charge is 2.52. The van der Waals surface area contributed by atoms with Crippen LogP contribution in [0.4, 0.5) is 4.79 Å². The highest BCUT2D eigenvalue weighted by Crippen LogP contribution is 2.37. The molecule has 0 unspecified atom stereocenters. The van der Waals surface area contributed by atoms with E-state index in [2.05, 4.69) is 5.32 Å². The lowest BCUT2D eigenvalue weighted by Gasteiger charge is -2.32. The molecule has 3 aromatic carbocycles. The van der Waals surface area contributed by atoms with Crippen LogP contribution in [0.25, 0.3) is 0 Å². The molecular weight excluding hydrogens is 557 g/mol. The van der Waals surface area contributed by atoms with E-state index in [1.807, 2.05) is 107 Å². The predicted octanol–water partition coefficient (Wildman–Crippen LogP) is 6.13. The van der Waals surface area contributed by atoms with E-state index in [0.29, 0.717) is 17.8 Å². The standard InChI is InChI=1S/C35H44BNO7/c1-32(2,3)42-31(39)37-35(8,30(38)41-24-26-17-13-10-14-18-26)22-27-19-20-29(40-23-25-15-11-9-12-16-25)28(21-27)36-43-33(4,5)34(6,7)44-36/h9-21H,22-24H2,1-8H3,(H,37,39)/t35-/m0/s1. The Morgan fingerprint density at radius 2 is 1.32 bits per heavy atom. The molecule has 0 radical (unpaired) electrons. The zero-order valence-electron chi connectivity index (χ0n) is 27.1. The van der Waals surface area contributed by atoms with Crippen molar-refractivity contribution in [1.29, 1.82) is 0 Å². The highest BCUT2D eigenvalue weighted by molar-refractivity contribution is 6.63. The van der Waals surface area contributed by atoms with Crippen molar-refractivity contribution < 1.29 is 33.1 Å². The van der Waals surface area contributed by atoms with Crippen molar-refractivity contribution in [2.75, 3.05) is 0 Å². The van der Waals surface area contributed by atoms with E-state index < -0.39 is 41.5 Å². The van der Waals surface area contributed by atoms with Crippen LogP contribution in [0.1, 0.15) is 72.1 Å². The molecule has 0 aliphatic carbocycles. The summed E-state index contributed by atoms with van der Waals surface area (Å²) in [5.74, 6) is 0.0124. The molecule has 0 saturated carbocycles. The van der Waals surface area contributed by atoms with Crippen molar-refractivity contribution in [3.63, 3.8) is 0 Å². The number of rotatable bonds is 10. The van der Waals surface area contributed by atoms with Gasteiger partial charge in [0.25, 0.3) is 0 Å². The third-order valence-electron chi connectivity index (χ3n) is 7.82.